The second-order valence-corrected chi connectivity index (χ2v) is 9.73. The summed E-state index contributed by atoms with van der Waals surface area (Å²) in [6.45, 7) is 5.28. The number of nitrogens with one attached hydrogen (secondary N) is 1. The molecule has 0 bridgehead atoms. The Morgan fingerprint density at radius 2 is 1.91 bits per heavy atom. The molecule has 0 spiro atoms. The summed E-state index contributed by atoms with van der Waals surface area (Å²) < 4.78 is 2.38. The van der Waals surface area contributed by atoms with Crippen molar-refractivity contribution >= 4 is 39.6 Å². The third kappa shape index (κ3) is 3.67. The molecule has 4 aromatic rings. The van der Waals surface area contributed by atoms with Gasteiger partial charge in [0.05, 0.1) is 11.7 Å². The summed E-state index contributed by atoms with van der Waals surface area (Å²) >= 11 is 0. The number of nitrogens with zero attached hydrogens (tertiary/aromatic N) is 6. The Hall–Kier alpha value is -3.55. The SMILES string of the molecule is CC(=O)N1CCc2nc(Nc3ncc4c5ccncc5n(C5CCC(C)CC5)c4n3)ccc2C1. The molecule has 0 unspecified atom stereocenters. The van der Waals surface area contributed by atoms with Crippen LogP contribution in [-0.4, -0.2) is 41.9 Å². The molecule has 0 radical (unpaired) electrons. The Kier molecular flexibility index (Phi) is 5.16. The van der Waals surface area contributed by atoms with Crippen LogP contribution in [0.2, 0.25) is 0 Å². The average molecular weight is 456 g/mol. The lowest BCUT2D eigenvalue weighted by molar-refractivity contribution is -0.129. The van der Waals surface area contributed by atoms with Crippen LogP contribution in [-0.2, 0) is 17.8 Å². The van der Waals surface area contributed by atoms with Crippen LogP contribution in [0.3, 0.4) is 0 Å². The molecule has 2 aliphatic rings. The fraction of sp³-hybridized carbons (Fsp3) is 0.423. The van der Waals surface area contributed by atoms with Gasteiger partial charge in [-0.15, -0.1) is 0 Å². The van der Waals surface area contributed by atoms with Crippen molar-refractivity contribution in [2.24, 2.45) is 5.92 Å². The number of hydrogen-bond donors (Lipinski definition) is 1. The molecule has 1 aliphatic carbocycles. The highest BCUT2D eigenvalue weighted by atomic mass is 16.2. The predicted octanol–water partition coefficient (Wildman–Crippen LogP) is 4.77. The topological polar surface area (TPSA) is 88.8 Å². The van der Waals surface area contributed by atoms with Gasteiger partial charge in [0.1, 0.15) is 11.5 Å². The molecular weight excluding hydrogens is 426 g/mol. The molecule has 1 saturated carbocycles. The van der Waals surface area contributed by atoms with Crippen LogP contribution < -0.4 is 5.32 Å². The number of carbonyl (C=O) groups excluding carboxylic acids is 1. The molecule has 4 aromatic heterocycles. The Morgan fingerprint density at radius 1 is 1.06 bits per heavy atom. The summed E-state index contributed by atoms with van der Waals surface area (Å²) in [6.07, 6.45) is 11.3. The second kappa shape index (κ2) is 8.34. The Bertz CT molecular complexity index is 1390. The summed E-state index contributed by atoms with van der Waals surface area (Å²) in [7, 11) is 0. The lowest BCUT2D eigenvalue weighted by atomic mass is 9.87. The molecular formula is C26H29N7O. The monoisotopic (exact) mass is 455 g/mol. The van der Waals surface area contributed by atoms with Crippen LogP contribution in [0.1, 0.15) is 56.8 Å². The van der Waals surface area contributed by atoms with Crippen molar-refractivity contribution in [3.05, 3.63) is 48.0 Å². The molecule has 1 N–H and O–H groups in total. The van der Waals surface area contributed by atoms with Crippen LogP contribution in [0.4, 0.5) is 11.8 Å². The number of pyridine rings is 2. The van der Waals surface area contributed by atoms with E-state index < -0.39 is 0 Å². The molecule has 0 atom stereocenters. The third-order valence-corrected chi connectivity index (χ3v) is 7.43. The van der Waals surface area contributed by atoms with E-state index in [0.29, 0.717) is 25.1 Å². The summed E-state index contributed by atoms with van der Waals surface area (Å²) in [5.41, 5.74) is 4.21. The van der Waals surface area contributed by atoms with E-state index >= 15 is 0 Å². The minimum atomic E-state index is 0.104. The van der Waals surface area contributed by atoms with Crippen molar-refractivity contribution in [1.82, 2.24) is 29.4 Å². The first-order chi connectivity index (χ1) is 16.6. The van der Waals surface area contributed by atoms with Gasteiger partial charge in [0.25, 0.3) is 0 Å². The van der Waals surface area contributed by atoms with E-state index in [2.05, 4.69) is 32.8 Å². The van der Waals surface area contributed by atoms with E-state index in [-0.39, 0.29) is 5.91 Å². The minimum absolute atomic E-state index is 0.104. The molecule has 1 fully saturated rings. The van der Waals surface area contributed by atoms with Crippen molar-refractivity contribution in [3.63, 3.8) is 0 Å². The average Bonchev–Trinajstić information content (AvgIpc) is 3.18. The summed E-state index contributed by atoms with van der Waals surface area (Å²) in [6, 6.07) is 6.47. The van der Waals surface area contributed by atoms with Crippen LogP contribution in [0.15, 0.2) is 36.8 Å². The van der Waals surface area contributed by atoms with Crippen LogP contribution in [0.25, 0.3) is 21.9 Å². The molecule has 0 aromatic carbocycles. The number of hydrogen-bond acceptors (Lipinski definition) is 6. The van der Waals surface area contributed by atoms with E-state index in [9.17, 15) is 4.79 Å². The first-order valence-electron chi connectivity index (χ1n) is 12.2. The maximum Gasteiger partial charge on any atom is 0.230 e. The standard InChI is InChI=1S/C26H29N7O/c1-16-3-6-19(7-4-16)33-23-14-27-11-9-20(23)21-13-28-26(31-25(21)33)30-24-8-5-18-15-32(17(2)34)12-10-22(18)29-24/h5,8-9,11,13-14,16,19H,3-4,6-7,10,12,15H2,1-2H3,(H,28,29,30,31). The minimum Gasteiger partial charge on any atom is -0.338 e. The first-order valence-corrected chi connectivity index (χ1v) is 12.2. The van der Waals surface area contributed by atoms with Gasteiger partial charge in [-0.1, -0.05) is 13.0 Å². The Labute approximate surface area is 198 Å². The van der Waals surface area contributed by atoms with Crippen molar-refractivity contribution in [1.29, 1.82) is 0 Å². The molecule has 6 rings (SSSR count). The fourth-order valence-electron chi connectivity index (χ4n) is 5.47. The molecule has 174 valence electrons. The lowest BCUT2D eigenvalue weighted by Gasteiger charge is -2.28. The van der Waals surface area contributed by atoms with Gasteiger partial charge in [-0.2, -0.15) is 4.98 Å². The van der Waals surface area contributed by atoms with E-state index in [1.54, 1.807) is 6.92 Å². The number of aromatic nitrogens is 5. The Morgan fingerprint density at radius 3 is 2.74 bits per heavy atom. The quantitative estimate of drug-likeness (QED) is 0.479. The van der Waals surface area contributed by atoms with Crippen LogP contribution >= 0.6 is 0 Å². The zero-order chi connectivity index (χ0) is 23.2. The van der Waals surface area contributed by atoms with E-state index in [4.69, 9.17) is 9.97 Å². The number of fused-ring (bicyclic) bond motifs is 4. The van der Waals surface area contributed by atoms with Gasteiger partial charge in [-0.3, -0.25) is 9.78 Å². The molecule has 0 saturated heterocycles. The van der Waals surface area contributed by atoms with E-state index in [1.807, 2.05) is 35.6 Å². The van der Waals surface area contributed by atoms with Gasteiger partial charge < -0.3 is 14.8 Å². The zero-order valence-corrected chi connectivity index (χ0v) is 19.7. The Balaban J connectivity index is 1.35. The maximum atomic E-state index is 11.7. The summed E-state index contributed by atoms with van der Waals surface area (Å²) in [5.74, 6) is 2.16. The third-order valence-electron chi connectivity index (χ3n) is 7.43. The second-order valence-electron chi connectivity index (χ2n) is 9.73. The van der Waals surface area contributed by atoms with Gasteiger partial charge in [-0.05, 0) is 49.3 Å². The van der Waals surface area contributed by atoms with Gasteiger partial charge in [0.15, 0.2) is 0 Å². The summed E-state index contributed by atoms with van der Waals surface area (Å²) in [4.78, 5) is 32.4. The fourth-order valence-corrected chi connectivity index (χ4v) is 5.47. The number of amides is 1. The van der Waals surface area contributed by atoms with E-state index in [1.165, 1.54) is 12.8 Å². The smallest absolute Gasteiger partial charge is 0.230 e. The molecule has 8 nitrogen and oxygen atoms in total. The lowest BCUT2D eigenvalue weighted by Crippen LogP contribution is -2.34. The van der Waals surface area contributed by atoms with Gasteiger partial charge >= 0.3 is 0 Å². The highest BCUT2D eigenvalue weighted by molar-refractivity contribution is 6.06. The first kappa shape index (κ1) is 21.0. The molecule has 34 heavy (non-hydrogen) atoms. The highest BCUT2D eigenvalue weighted by Gasteiger charge is 2.25. The molecule has 5 heterocycles. The highest BCUT2D eigenvalue weighted by Crippen LogP contribution is 2.38. The van der Waals surface area contributed by atoms with Gasteiger partial charge in [-0.25, -0.2) is 9.97 Å². The summed E-state index contributed by atoms with van der Waals surface area (Å²) in [5, 5.41) is 5.53. The van der Waals surface area contributed by atoms with Crippen LogP contribution in [0.5, 0.6) is 0 Å². The molecule has 8 heteroatoms. The molecule has 1 amide bonds. The van der Waals surface area contributed by atoms with Crippen molar-refractivity contribution in [3.8, 4) is 0 Å². The van der Waals surface area contributed by atoms with Gasteiger partial charge in [0, 0.05) is 61.3 Å². The molecule has 1 aliphatic heterocycles. The largest absolute Gasteiger partial charge is 0.338 e. The van der Waals surface area contributed by atoms with Gasteiger partial charge in [0.2, 0.25) is 11.9 Å². The maximum absolute atomic E-state index is 11.7. The van der Waals surface area contributed by atoms with Crippen molar-refractivity contribution in [2.45, 2.75) is 58.5 Å². The number of rotatable bonds is 3. The van der Waals surface area contributed by atoms with Crippen molar-refractivity contribution < 1.29 is 4.79 Å². The normalized spacial score (nSPS) is 20.5. The number of carbonyl (C=O) groups is 1. The van der Waals surface area contributed by atoms with E-state index in [0.717, 1.165) is 64.2 Å². The number of anilines is 2. The predicted molar refractivity (Wildman–Crippen MR) is 132 cm³/mol. The van der Waals surface area contributed by atoms with Crippen LogP contribution in [0, 0.1) is 5.92 Å². The zero-order valence-electron chi connectivity index (χ0n) is 19.7. The van der Waals surface area contributed by atoms with Crippen molar-refractivity contribution in [2.75, 3.05) is 11.9 Å².